The summed E-state index contributed by atoms with van der Waals surface area (Å²) in [6.07, 6.45) is 0. The van der Waals surface area contributed by atoms with E-state index in [4.69, 9.17) is 22.1 Å². The lowest BCUT2D eigenvalue weighted by Crippen LogP contribution is -2.20. The number of hydrogen-bond acceptors (Lipinski definition) is 4. The number of rotatable bonds is 7. The minimum atomic E-state index is -3.42. The van der Waals surface area contributed by atoms with Crippen LogP contribution in [0, 0.1) is 0 Å². The number of carbonyl (C=O) groups is 1. The molecule has 1 amide bonds. The summed E-state index contributed by atoms with van der Waals surface area (Å²) in [4.78, 5) is 10.5. The predicted molar refractivity (Wildman–Crippen MR) is 69.3 cm³/mol. The van der Waals surface area contributed by atoms with Gasteiger partial charge in [0.1, 0.15) is 5.75 Å². The third-order valence-corrected chi connectivity index (χ3v) is 3.56. The van der Waals surface area contributed by atoms with Gasteiger partial charge in [-0.05, 0) is 24.3 Å². The first-order valence-corrected chi connectivity index (χ1v) is 7.19. The second-order valence-electron chi connectivity index (χ2n) is 3.39. The molecule has 0 saturated heterocycles. The Morgan fingerprint density at radius 2 is 1.94 bits per heavy atom. The number of sulfonamides is 1. The Morgan fingerprint density at radius 1 is 1.33 bits per heavy atom. The van der Waals surface area contributed by atoms with E-state index >= 15 is 0 Å². The minimum Gasteiger partial charge on any atom is -0.484 e. The van der Waals surface area contributed by atoms with Crippen molar-refractivity contribution >= 4 is 33.2 Å². The average Bonchev–Trinajstić information content (AvgIpc) is 2.27. The van der Waals surface area contributed by atoms with E-state index in [2.05, 4.69) is 4.72 Å². The molecule has 0 radical (unpaired) electrons. The van der Waals surface area contributed by atoms with Gasteiger partial charge < -0.3 is 10.5 Å². The van der Waals surface area contributed by atoms with E-state index in [9.17, 15) is 13.2 Å². The highest BCUT2D eigenvalue weighted by molar-refractivity contribution is 7.92. The van der Waals surface area contributed by atoms with Crippen LogP contribution in [0.4, 0.5) is 5.69 Å². The molecule has 0 aliphatic carbocycles. The molecule has 3 N–H and O–H groups in total. The first-order valence-electron chi connectivity index (χ1n) is 5.00. The lowest BCUT2D eigenvalue weighted by atomic mass is 10.3. The summed E-state index contributed by atoms with van der Waals surface area (Å²) in [5.74, 6) is -0.292. The van der Waals surface area contributed by atoms with E-state index in [1.165, 1.54) is 24.3 Å². The van der Waals surface area contributed by atoms with Crippen molar-refractivity contribution in [3.8, 4) is 5.75 Å². The molecule has 0 bridgehead atoms. The molecule has 0 aliphatic heterocycles. The normalized spacial score (nSPS) is 10.9. The molecular formula is C10H13ClN2O4S. The quantitative estimate of drug-likeness (QED) is 0.716. The van der Waals surface area contributed by atoms with Crippen LogP contribution in [0.2, 0.25) is 0 Å². The van der Waals surface area contributed by atoms with E-state index in [0.717, 1.165) is 0 Å². The van der Waals surface area contributed by atoms with Gasteiger partial charge in [-0.3, -0.25) is 9.52 Å². The Morgan fingerprint density at radius 3 is 2.44 bits per heavy atom. The fourth-order valence-electron chi connectivity index (χ4n) is 1.11. The Hall–Kier alpha value is -1.47. The van der Waals surface area contributed by atoms with Crippen LogP contribution in [-0.4, -0.2) is 32.6 Å². The molecule has 0 aliphatic rings. The molecule has 8 heteroatoms. The van der Waals surface area contributed by atoms with Crippen LogP contribution in [0.15, 0.2) is 24.3 Å². The van der Waals surface area contributed by atoms with Crippen molar-refractivity contribution < 1.29 is 17.9 Å². The number of nitrogens with two attached hydrogens (primary N) is 1. The number of ether oxygens (including phenoxy) is 1. The Kier molecular flexibility index (Phi) is 5.24. The van der Waals surface area contributed by atoms with Crippen LogP contribution in [0.1, 0.15) is 0 Å². The van der Waals surface area contributed by atoms with Crippen LogP contribution in [-0.2, 0) is 14.8 Å². The van der Waals surface area contributed by atoms with Gasteiger partial charge in [0.25, 0.3) is 5.91 Å². The zero-order chi connectivity index (χ0) is 13.6. The van der Waals surface area contributed by atoms with Crippen molar-refractivity contribution in [3.63, 3.8) is 0 Å². The van der Waals surface area contributed by atoms with Crippen molar-refractivity contribution in [3.05, 3.63) is 24.3 Å². The summed E-state index contributed by atoms with van der Waals surface area (Å²) in [5.41, 5.74) is 5.31. The first-order chi connectivity index (χ1) is 8.43. The number of alkyl halides is 1. The van der Waals surface area contributed by atoms with E-state index < -0.39 is 15.9 Å². The summed E-state index contributed by atoms with van der Waals surface area (Å²) in [7, 11) is -3.42. The lowest BCUT2D eigenvalue weighted by molar-refractivity contribution is -0.119. The van der Waals surface area contributed by atoms with Gasteiger partial charge in [0.05, 0.1) is 5.75 Å². The number of hydrogen-bond donors (Lipinski definition) is 2. The van der Waals surface area contributed by atoms with Gasteiger partial charge in [0.15, 0.2) is 6.61 Å². The van der Waals surface area contributed by atoms with E-state index in [-0.39, 0.29) is 18.2 Å². The third kappa shape index (κ3) is 5.24. The largest absolute Gasteiger partial charge is 0.484 e. The summed E-state index contributed by atoms with van der Waals surface area (Å²) in [6, 6.07) is 6.09. The molecule has 0 spiro atoms. The van der Waals surface area contributed by atoms with Crippen molar-refractivity contribution in [2.24, 2.45) is 5.73 Å². The molecule has 0 atom stereocenters. The maximum absolute atomic E-state index is 11.4. The number of benzene rings is 1. The van der Waals surface area contributed by atoms with Crippen LogP contribution in [0.5, 0.6) is 5.75 Å². The molecule has 0 aromatic heterocycles. The fourth-order valence-corrected chi connectivity index (χ4v) is 2.52. The molecule has 1 rings (SSSR count). The Balaban J connectivity index is 2.63. The summed E-state index contributed by atoms with van der Waals surface area (Å²) in [6.45, 7) is -0.225. The van der Waals surface area contributed by atoms with Gasteiger partial charge in [-0.1, -0.05) is 0 Å². The molecule has 1 aromatic carbocycles. The molecule has 18 heavy (non-hydrogen) atoms. The summed E-state index contributed by atoms with van der Waals surface area (Å²) >= 11 is 5.37. The van der Waals surface area contributed by atoms with Crippen LogP contribution < -0.4 is 15.2 Å². The molecule has 6 nitrogen and oxygen atoms in total. The molecule has 0 unspecified atom stereocenters. The molecular weight excluding hydrogens is 280 g/mol. The van der Waals surface area contributed by atoms with Crippen LogP contribution >= 0.6 is 11.6 Å². The number of halogens is 1. The topological polar surface area (TPSA) is 98.5 Å². The van der Waals surface area contributed by atoms with Crippen LogP contribution in [0.3, 0.4) is 0 Å². The molecule has 1 aromatic rings. The second kappa shape index (κ2) is 6.46. The van der Waals surface area contributed by atoms with E-state index in [0.29, 0.717) is 11.4 Å². The minimum absolute atomic E-state index is 0.0230. The highest BCUT2D eigenvalue weighted by Crippen LogP contribution is 2.16. The Labute approximate surface area is 110 Å². The molecule has 0 heterocycles. The number of amides is 1. The molecule has 0 fully saturated rings. The molecule has 0 saturated carbocycles. The average molecular weight is 293 g/mol. The maximum Gasteiger partial charge on any atom is 0.255 e. The van der Waals surface area contributed by atoms with Gasteiger partial charge in [0, 0.05) is 11.6 Å². The number of anilines is 1. The van der Waals surface area contributed by atoms with Gasteiger partial charge in [-0.15, -0.1) is 11.6 Å². The van der Waals surface area contributed by atoms with Gasteiger partial charge >= 0.3 is 0 Å². The zero-order valence-corrected chi connectivity index (χ0v) is 11.0. The van der Waals surface area contributed by atoms with Crippen molar-refractivity contribution in [2.45, 2.75) is 0 Å². The highest BCUT2D eigenvalue weighted by Gasteiger charge is 2.09. The van der Waals surface area contributed by atoms with Gasteiger partial charge in [-0.2, -0.15) is 0 Å². The standard InChI is InChI=1S/C10H13ClN2O4S/c11-5-6-18(15,16)13-8-1-3-9(4-2-8)17-7-10(12)14/h1-4,13H,5-7H2,(H2,12,14). The predicted octanol–water partition coefficient (Wildman–Crippen LogP) is 0.531. The summed E-state index contributed by atoms with van der Waals surface area (Å²) in [5, 5.41) is 0. The monoisotopic (exact) mass is 292 g/mol. The van der Waals surface area contributed by atoms with Gasteiger partial charge in [0.2, 0.25) is 10.0 Å². The van der Waals surface area contributed by atoms with Crippen molar-refractivity contribution in [1.82, 2.24) is 0 Å². The number of primary amides is 1. The van der Waals surface area contributed by atoms with Crippen molar-refractivity contribution in [1.29, 1.82) is 0 Å². The Bertz CT molecular complexity index is 501. The SMILES string of the molecule is NC(=O)COc1ccc(NS(=O)(=O)CCCl)cc1. The van der Waals surface area contributed by atoms with Gasteiger partial charge in [-0.25, -0.2) is 8.42 Å². The number of carbonyl (C=O) groups excluding carboxylic acids is 1. The van der Waals surface area contributed by atoms with Crippen molar-refractivity contribution in [2.75, 3.05) is 23.0 Å². The second-order valence-corrected chi connectivity index (χ2v) is 5.61. The third-order valence-electron chi connectivity index (χ3n) is 1.85. The smallest absolute Gasteiger partial charge is 0.255 e. The lowest BCUT2D eigenvalue weighted by Gasteiger charge is -2.08. The first kappa shape index (κ1) is 14.6. The maximum atomic E-state index is 11.4. The van der Waals surface area contributed by atoms with E-state index in [1.54, 1.807) is 0 Å². The fraction of sp³-hybridized carbons (Fsp3) is 0.300. The molecule has 100 valence electrons. The highest BCUT2D eigenvalue weighted by atomic mass is 35.5. The van der Waals surface area contributed by atoms with E-state index in [1.807, 2.05) is 0 Å². The number of nitrogens with one attached hydrogen (secondary N) is 1. The summed E-state index contributed by atoms with van der Waals surface area (Å²) < 4.78 is 30.2. The zero-order valence-electron chi connectivity index (χ0n) is 9.43. The van der Waals surface area contributed by atoms with Crippen LogP contribution in [0.25, 0.3) is 0 Å².